The van der Waals surface area contributed by atoms with E-state index in [1.54, 1.807) is 0 Å². The Morgan fingerprint density at radius 2 is 2.26 bits per heavy atom. The summed E-state index contributed by atoms with van der Waals surface area (Å²) in [5.41, 5.74) is 0.970. The maximum atomic E-state index is 12.1. The van der Waals surface area contributed by atoms with Crippen LogP contribution in [0.3, 0.4) is 0 Å². The zero-order chi connectivity index (χ0) is 16.1. The number of nitrogens with zero attached hydrogens (tertiary/aromatic N) is 3. The van der Waals surface area contributed by atoms with Crippen LogP contribution < -0.4 is 5.32 Å². The minimum atomic E-state index is -0.386. The minimum absolute atomic E-state index is 0.0700. The van der Waals surface area contributed by atoms with Crippen molar-refractivity contribution in [2.24, 2.45) is 0 Å². The lowest BCUT2D eigenvalue weighted by molar-refractivity contribution is -0.137. The molecule has 7 nitrogen and oxygen atoms in total. The highest BCUT2D eigenvalue weighted by atomic mass is 16.5. The smallest absolute Gasteiger partial charge is 0.250 e. The Bertz CT molecular complexity index is 643. The fourth-order valence-corrected chi connectivity index (χ4v) is 2.48. The van der Waals surface area contributed by atoms with Crippen LogP contribution in [-0.4, -0.2) is 65.4 Å². The number of likely N-dealkylation sites (N-methyl/N-ethyl adjacent to an activating group) is 1. The Balaban J connectivity index is 1.47. The number of amides is 1. The lowest BCUT2D eigenvalue weighted by atomic mass is 10.2. The summed E-state index contributed by atoms with van der Waals surface area (Å²) in [6, 6.07) is 9.79. The Morgan fingerprint density at radius 1 is 1.43 bits per heavy atom. The van der Waals surface area contributed by atoms with E-state index in [9.17, 15) is 4.79 Å². The Labute approximate surface area is 135 Å². The van der Waals surface area contributed by atoms with Gasteiger partial charge in [0.2, 0.25) is 5.91 Å². The minimum Gasteiger partial charge on any atom is -0.366 e. The molecule has 0 radical (unpaired) electrons. The number of H-pyrrole nitrogens is 1. The average Bonchev–Trinajstić information content (AvgIpc) is 3.04. The molecule has 122 valence electrons. The van der Waals surface area contributed by atoms with Crippen molar-refractivity contribution in [1.29, 1.82) is 0 Å². The SMILES string of the molecule is CN1CCOC(C(=O)NCCc2nc(-c3ccccc3)n[nH]2)C1. The summed E-state index contributed by atoms with van der Waals surface area (Å²) in [6.07, 6.45) is 0.220. The van der Waals surface area contributed by atoms with E-state index >= 15 is 0 Å². The van der Waals surface area contributed by atoms with Crippen LogP contribution in [0.1, 0.15) is 5.82 Å². The molecule has 1 aromatic heterocycles. The van der Waals surface area contributed by atoms with Crippen LogP contribution in [0.15, 0.2) is 30.3 Å². The van der Waals surface area contributed by atoms with Gasteiger partial charge in [-0.1, -0.05) is 30.3 Å². The van der Waals surface area contributed by atoms with Gasteiger partial charge in [0.15, 0.2) is 5.82 Å². The predicted molar refractivity (Wildman–Crippen MR) is 85.8 cm³/mol. The van der Waals surface area contributed by atoms with E-state index in [4.69, 9.17) is 4.74 Å². The van der Waals surface area contributed by atoms with Crippen LogP contribution in [0.25, 0.3) is 11.4 Å². The molecule has 1 aromatic carbocycles. The summed E-state index contributed by atoms with van der Waals surface area (Å²) in [6.45, 7) is 2.60. The molecule has 0 bridgehead atoms. The normalized spacial score (nSPS) is 18.7. The van der Waals surface area contributed by atoms with Crippen LogP contribution in [0.2, 0.25) is 0 Å². The monoisotopic (exact) mass is 315 g/mol. The molecule has 1 unspecified atom stereocenters. The molecule has 2 N–H and O–H groups in total. The number of carbonyl (C=O) groups is 1. The molecular weight excluding hydrogens is 294 g/mol. The van der Waals surface area contributed by atoms with E-state index in [1.807, 2.05) is 37.4 Å². The first-order valence-electron chi connectivity index (χ1n) is 7.77. The van der Waals surface area contributed by atoms with Gasteiger partial charge >= 0.3 is 0 Å². The summed E-state index contributed by atoms with van der Waals surface area (Å²) in [5.74, 6) is 1.36. The molecule has 0 saturated carbocycles. The van der Waals surface area contributed by atoms with Crippen LogP contribution >= 0.6 is 0 Å². The van der Waals surface area contributed by atoms with Crippen LogP contribution in [0.4, 0.5) is 0 Å². The van der Waals surface area contributed by atoms with Crippen LogP contribution in [-0.2, 0) is 16.0 Å². The quantitative estimate of drug-likeness (QED) is 0.837. The number of carbonyl (C=O) groups excluding carboxylic acids is 1. The molecule has 2 aromatic rings. The number of aromatic amines is 1. The molecule has 3 rings (SSSR count). The lowest BCUT2D eigenvalue weighted by Crippen LogP contribution is -2.48. The number of rotatable bonds is 5. The van der Waals surface area contributed by atoms with E-state index in [0.717, 1.165) is 17.9 Å². The first-order chi connectivity index (χ1) is 11.2. The average molecular weight is 315 g/mol. The molecular formula is C16H21N5O2. The summed E-state index contributed by atoms with van der Waals surface area (Å²) in [4.78, 5) is 18.6. The number of benzene rings is 1. The first kappa shape index (κ1) is 15.6. The van der Waals surface area contributed by atoms with E-state index in [-0.39, 0.29) is 12.0 Å². The second-order valence-electron chi connectivity index (χ2n) is 5.63. The molecule has 1 aliphatic heterocycles. The highest BCUT2D eigenvalue weighted by Crippen LogP contribution is 2.13. The van der Waals surface area contributed by atoms with Crippen molar-refractivity contribution in [3.63, 3.8) is 0 Å². The maximum Gasteiger partial charge on any atom is 0.250 e. The fourth-order valence-electron chi connectivity index (χ4n) is 2.48. The Morgan fingerprint density at radius 3 is 3.04 bits per heavy atom. The van der Waals surface area contributed by atoms with Crippen molar-refractivity contribution in [1.82, 2.24) is 25.4 Å². The van der Waals surface area contributed by atoms with Crippen LogP contribution in [0.5, 0.6) is 0 Å². The standard InChI is InChI=1S/C16H21N5O2/c1-21-9-10-23-13(11-21)16(22)17-8-7-14-18-15(20-19-14)12-5-3-2-4-6-12/h2-6,13H,7-11H2,1H3,(H,17,22)(H,18,19,20). The third-order valence-electron chi connectivity index (χ3n) is 3.79. The molecule has 0 aliphatic carbocycles. The van der Waals surface area contributed by atoms with Gasteiger partial charge in [0, 0.05) is 31.6 Å². The third-order valence-corrected chi connectivity index (χ3v) is 3.79. The van der Waals surface area contributed by atoms with Gasteiger partial charge in [-0.3, -0.25) is 9.89 Å². The van der Waals surface area contributed by atoms with E-state index < -0.39 is 0 Å². The molecule has 1 amide bonds. The zero-order valence-corrected chi connectivity index (χ0v) is 13.2. The molecule has 23 heavy (non-hydrogen) atoms. The van der Waals surface area contributed by atoms with Gasteiger partial charge in [-0.2, -0.15) is 5.10 Å². The molecule has 1 saturated heterocycles. The van der Waals surface area contributed by atoms with Crippen molar-refractivity contribution in [3.05, 3.63) is 36.2 Å². The van der Waals surface area contributed by atoms with Gasteiger partial charge in [-0.05, 0) is 7.05 Å². The number of nitrogens with one attached hydrogen (secondary N) is 2. The fraction of sp³-hybridized carbons (Fsp3) is 0.438. The third kappa shape index (κ3) is 4.14. The molecule has 0 spiro atoms. The summed E-state index contributed by atoms with van der Waals surface area (Å²) >= 11 is 0. The Kier molecular flexibility index (Phi) is 4.99. The largest absolute Gasteiger partial charge is 0.366 e. The zero-order valence-electron chi connectivity index (χ0n) is 13.2. The second-order valence-corrected chi connectivity index (χ2v) is 5.63. The predicted octanol–water partition coefficient (Wildman–Crippen LogP) is 0.461. The molecule has 1 atom stereocenters. The summed E-state index contributed by atoms with van der Waals surface area (Å²) < 4.78 is 5.49. The topological polar surface area (TPSA) is 83.1 Å². The Hall–Kier alpha value is -2.25. The summed E-state index contributed by atoms with van der Waals surface area (Å²) in [5, 5.41) is 10.0. The lowest BCUT2D eigenvalue weighted by Gasteiger charge is -2.29. The van der Waals surface area contributed by atoms with Gasteiger partial charge in [0.05, 0.1) is 6.61 Å². The number of morpholine rings is 1. The van der Waals surface area contributed by atoms with Gasteiger partial charge in [-0.25, -0.2) is 4.98 Å². The molecule has 1 fully saturated rings. The maximum absolute atomic E-state index is 12.1. The highest BCUT2D eigenvalue weighted by molar-refractivity contribution is 5.81. The van der Waals surface area contributed by atoms with Gasteiger partial charge in [0.25, 0.3) is 0 Å². The number of aromatic nitrogens is 3. The molecule has 7 heteroatoms. The van der Waals surface area contributed by atoms with Crippen molar-refractivity contribution >= 4 is 5.91 Å². The molecule has 1 aliphatic rings. The van der Waals surface area contributed by atoms with Crippen molar-refractivity contribution in [3.8, 4) is 11.4 Å². The summed E-state index contributed by atoms with van der Waals surface area (Å²) in [7, 11) is 1.99. The van der Waals surface area contributed by atoms with Gasteiger partial charge in [-0.15, -0.1) is 0 Å². The number of hydrogen-bond donors (Lipinski definition) is 2. The molecule has 2 heterocycles. The van der Waals surface area contributed by atoms with Gasteiger partial charge < -0.3 is 15.0 Å². The van der Waals surface area contributed by atoms with E-state index in [0.29, 0.717) is 31.9 Å². The van der Waals surface area contributed by atoms with Crippen molar-refractivity contribution in [2.75, 3.05) is 33.3 Å². The van der Waals surface area contributed by atoms with Crippen molar-refractivity contribution in [2.45, 2.75) is 12.5 Å². The van der Waals surface area contributed by atoms with E-state index in [2.05, 4.69) is 25.4 Å². The number of ether oxygens (including phenoxy) is 1. The van der Waals surface area contributed by atoms with Gasteiger partial charge in [0.1, 0.15) is 11.9 Å². The number of hydrogen-bond acceptors (Lipinski definition) is 5. The van der Waals surface area contributed by atoms with Crippen molar-refractivity contribution < 1.29 is 9.53 Å². The highest BCUT2D eigenvalue weighted by Gasteiger charge is 2.24. The van der Waals surface area contributed by atoms with Crippen LogP contribution in [0, 0.1) is 0 Å². The first-order valence-corrected chi connectivity index (χ1v) is 7.77. The second kappa shape index (κ2) is 7.34. The van der Waals surface area contributed by atoms with E-state index in [1.165, 1.54) is 0 Å².